The number of rotatable bonds is 7. The Morgan fingerprint density at radius 2 is 1.36 bits per heavy atom. The number of halogens is 3. The number of carbonyl (C=O) groups is 2. The molecule has 0 aromatic carbocycles. The third kappa shape index (κ3) is 8.98. The lowest BCUT2D eigenvalue weighted by Gasteiger charge is -2.14. The van der Waals surface area contributed by atoms with Gasteiger partial charge in [0, 0.05) is 33.5 Å². The second kappa shape index (κ2) is 14.4. The van der Waals surface area contributed by atoms with Crippen LogP contribution >= 0.6 is 44.3 Å². The van der Waals surface area contributed by atoms with Gasteiger partial charge in [-0.2, -0.15) is 0 Å². The van der Waals surface area contributed by atoms with Crippen LogP contribution < -0.4 is 0 Å². The summed E-state index contributed by atoms with van der Waals surface area (Å²) in [4.78, 5) is 51.7. The molecule has 0 atom stereocenters. The van der Waals surface area contributed by atoms with Crippen molar-refractivity contribution in [1.29, 1.82) is 0 Å². The van der Waals surface area contributed by atoms with E-state index in [1.165, 1.54) is 18.5 Å². The van der Waals surface area contributed by atoms with Crippen LogP contribution in [0, 0.1) is 27.2 Å². The average Bonchev–Trinajstić information content (AvgIpc) is 2.71. The maximum absolute atomic E-state index is 11.9. The maximum Gasteiger partial charge on any atom is 0.326 e. The van der Waals surface area contributed by atoms with Crippen LogP contribution in [0.25, 0.3) is 0 Å². The fourth-order valence-corrected chi connectivity index (χ4v) is 2.90. The number of pyridine rings is 2. The molecule has 0 spiro atoms. The summed E-state index contributed by atoms with van der Waals surface area (Å²) >= 11 is 6.15. The second-order valence-corrected chi connectivity index (χ2v) is 7.60. The summed E-state index contributed by atoms with van der Waals surface area (Å²) in [5.41, 5.74) is -0.298. The van der Waals surface area contributed by atoms with Gasteiger partial charge in [-0.25, -0.2) is 0 Å². The van der Waals surface area contributed by atoms with Gasteiger partial charge in [-0.3, -0.25) is 39.8 Å². The van der Waals surface area contributed by atoms with Crippen molar-refractivity contribution in [3.8, 4) is 0 Å². The number of hydrogen-bond acceptors (Lipinski definition) is 10. The zero-order valence-corrected chi connectivity index (χ0v) is 21.5. The molecule has 0 aliphatic heterocycles. The van der Waals surface area contributed by atoms with E-state index in [2.05, 4.69) is 41.8 Å². The molecule has 2 heterocycles. The standard InChI is InChI=1S/C12H13BrN2O6.C6H5BrN2O2.ClH/c1-3-20-11(16)9(12(17)21-4-2)10-8(15(18)19)5-7(13)6-14-10;1-4-6(9(10)11)2-5(7)3-8-4;/h5-6,9H,3-4H2,1-2H3;2-3H,1H3;1H. The molecule has 2 rings (SSSR count). The van der Waals surface area contributed by atoms with Gasteiger partial charge < -0.3 is 9.47 Å². The van der Waals surface area contributed by atoms with Gasteiger partial charge in [0.2, 0.25) is 5.92 Å². The van der Waals surface area contributed by atoms with E-state index in [1.54, 1.807) is 20.8 Å². The lowest BCUT2D eigenvalue weighted by molar-refractivity contribution is -0.386. The normalized spacial score (nSPS) is 9.76. The number of ether oxygens (including phenoxy) is 2. The largest absolute Gasteiger partial charge is 0.465 e. The van der Waals surface area contributed by atoms with Crippen LogP contribution in [0.15, 0.2) is 33.5 Å². The summed E-state index contributed by atoms with van der Waals surface area (Å²) in [6.07, 6.45) is 2.79. The van der Waals surface area contributed by atoms with Crippen LogP contribution in [0.4, 0.5) is 11.4 Å². The predicted octanol–water partition coefficient (Wildman–Crippen LogP) is 4.44. The first-order valence-corrected chi connectivity index (χ1v) is 10.5. The van der Waals surface area contributed by atoms with Crippen molar-refractivity contribution < 1.29 is 28.9 Å². The van der Waals surface area contributed by atoms with E-state index in [9.17, 15) is 29.8 Å². The van der Waals surface area contributed by atoms with Crippen molar-refractivity contribution in [1.82, 2.24) is 9.97 Å². The lowest BCUT2D eigenvalue weighted by Crippen LogP contribution is -2.27. The highest BCUT2D eigenvalue weighted by atomic mass is 79.9. The Bertz CT molecular complexity index is 1010. The lowest BCUT2D eigenvalue weighted by atomic mass is 10.0. The number of hydrogen-bond donors (Lipinski definition) is 0. The molecule has 33 heavy (non-hydrogen) atoms. The molecule has 0 unspecified atom stereocenters. The molecular formula is C18H19Br2ClN4O8. The van der Waals surface area contributed by atoms with E-state index in [0.29, 0.717) is 14.6 Å². The minimum atomic E-state index is -1.58. The summed E-state index contributed by atoms with van der Waals surface area (Å²) in [5, 5.41) is 21.4. The molecule has 0 saturated heterocycles. The van der Waals surface area contributed by atoms with Crippen molar-refractivity contribution in [2.24, 2.45) is 0 Å². The molecule has 180 valence electrons. The third-order valence-electron chi connectivity index (χ3n) is 3.60. The van der Waals surface area contributed by atoms with E-state index in [0.717, 1.165) is 6.07 Å². The van der Waals surface area contributed by atoms with Crippen LogP contribution in [0.5, 0.6) is 0 Å². The highest BCUT2D eigenvalue weighted by Gasteiger charge is 2.38. The van der Waals surface area contributed by atoms with Crippen molar-refractivity contribution in [3.63, 3.8) is 0 Å². The summed E-state index contributed by atoms with van der Waals surface area (Å²) < 4.78 is 10.5. The predicted molar refractivity (Wildman–Crippen MR) is 125 cm³/mol. The molecule has 0 radical (unpaired) electrons. The molecule has 0 bridgehead atoms. The Hall–Kier alpha value is -2.71. The van der Waals surface area contributed by atoms with Crippen molar-refractivity contribution in [2.75, 3.05) is 13.2 Å². The Morgan fingerprint density at radius 3 is 1.76 bits per heavy atom. The molecule has 0 fully saturated rings. The van der Waals surface area contributed by atoms with E-state index >= 15 is 0 Å². The zero-order valence-electron chi connectivity index (χ0n) is 17.5. The summed E-state index contributed by atoms with van der Waals surface area (Å²) in [6.45, 7) is 4.77. The SMILES string of the molecule is CCOC(=O)C(C(=O)OCC)c1ncc(Br)cc1[N+](=O)[O-].Cc1ncc(Br)cc1[N+](=O)[O-].Cl. The highest BCUT2D eigenvalue weighted by Crippen LogP contribution is 2.29. The van der Waals surface area contributed by atoms with Gasteiger partial charge in [-0.05, 0) is 52.6 Å². The molecule has 0 N–H and O–H groups in total. The summed E-state index contributed by atoms with van der Waals surface area (Å²) in [7, 11) is 0. The molecule has 0 aliphatic rings. The molecule has 12 nitrogen and oxygen atoms in total. The van der Waals surface area contributed by atoms with Crippen LogP contribution in [0.2, 0.25) is 0 Å². The van der Waals surface area contributed by atoms with E-state index < -0.39 is 33.4 Å². The molecule has 15 heteroatoms. The van der Waals surface area contributed by atoms with Gasteiger partial charge in [-0.1, -0.05) is 0 Å². The molecule has 0 saturated carbocycles. The third-order valence-corrected chi connectivity index (χ3v) is 4.47. The minimum Gasteiger partial charge on any atom is -0.465 e. The first-order valence-electron chi connectivity index (χ1n) is 8.93. The number of esters is 2. The quantitative estimate of drug-likeness (QED) is 0.188. The van der Waals surface area contributed by atoms with Gasteiger partial charge in [0.25, 0.3) is 11.4 Å². The van der Waals surface area contributed by atoms with E-state index in [-0.39, 0.29) is 37.0 Å². The Balaban J connectivity index is 0.000000720. The highest BCUT2D eigenvalue weighted by molar-refractivity contribution is 9.10. The molecular weight excluding hydrogens is 595 g/mol. The Morgan fingerprint density at radius 1 is 0.939 bits per heavy atom. The average molecular weight is 615 g/mol. The number of aryl methyl sites for hydroxylation is 1. The second-order valence-electron chi connectivity index (χ2n) is 5.77. The van der Waals surface area contributed by atoms with Crippen molar-refractivity contribution in [3.05, 3.63) is 65.1 Å². The van der Waals surface area contributed by atoms with Crippen LogP contribution in [-0.2, 0) is 19.1 Å². The summed E-state index contributed by atoms with van der Waals surface area (Å²) in [5.74, 6) is -3.46. The number of nitro groups is 2. The first kappa shape index (κ1) is 30.3. The molecule has 2 aromatic rings. The minimum absolute atomic E-state index is 0. The monoisotopic (exact) mass is 612 g/mol. The number of nitrogens with zero attached hydrogens (tertiary/aromatic N) is 4. The van der Waals surface area contributed by atoms with Crippen LogP contribution in [-0.4, -0.2) is 45.0 Å². The van der Waals surface area contributed by atoms with Crippen molar-refractivity contribution >= 4 is 67.6 Å². The first-order chi connectivity index (χ1) is 15.0. The van der Waals surface area contributed by atoms with Gasteiger partial charge in [0.05, 0.1) is 23.1 Å². The fraction of sp³-hybridized carbons (Fsp3) is 0.333. The van der Waals surface area contributed by atoms with Gasteiger partial charge in [0.15, 0.2) is 0 Å². The Kier molecular flexibility index (Phi) is 13.3. The number of aromatic nitrogens is 2. The molecule has 2 aromatic heterocycles. The number of carbonyl (C=O) groups excluding carboxylic acids is 2. The Labute approximate surface area is 211 Å². The van der Waals surface area contributed by atoms with Gasteiger partial charge in [0.1, 0.15) is 11.4 Å². The molecule has 0 aliphatic carbocycles. The van der Waals surface area contributed by atoms with Crippen molar-refractivity contribution in [2.45, 2.75) is 26.7 Å². The van der Waals surface area contributed by atoms with E-state index in [1.807, 2.05) is 0 Å². The molecule has 0 amide bonds. The van der Waals surface area contributed by atoms with Gasteiger partial charge in [-0.15, -0.1) is 12.4 Å². The summed E-state index contributed by atoms with van der Waals surface area (Å²) in [6, 6.07) is 2.59. The topological polar surface area (TPSA) is 165 Å². The van der Waals surface area contributed by atoms with Gasteiger partial charge >= 0.3 is 11.9 Å². The fourth-order valence-electron chi connectivity index (χ4n) is 2.26. The smallest absolute Gasteiger partial charge is 0.326 e. The van der Waals surface area contributed by atoms with Crippen LogP contribution in [0.1, 0.15) is 31.2 Å². The maximum atomic E-state index is 11.9. The zero-order chi connectivity index (χ0) is 24.4. The van der Waals surface area contributed by atoms with Crippen LogP contribution in [0.3, 0.4) is 0 Å². The van der Waals surface area contributed by atoms with E-state index in [4.69, 9.17) is 9.47 Å².